The van der Waals surface area contributed by atoms with E-state index in [1.165, 1.54) is 6.20 Å². The van der Waals surface area contributed by atoms with Crippen molar-refractivity contribution in [2.75, 3.05) is 26.2 Å². The number of aromatic nitrogens is 1. The van der Waals surface area contributed by atoms with Crippen LogP contribution in [-0.4, -0.2) is 64.6 Å². The summed E-state index contributed by atoms with van der Waals surface area (Å²) in [6, 6.07) is 13.6. The molecule has 0 amide bonds. The highest BCUT2D eigenvalue weighted by Crippen LogP contribution is 2.34. The van der Waals surface area contributed by atoms with E-state index in [0.717, 1.165) is 35.0 Å². The number of aromatic hydroxyl groups is 1. The van der Waals surface area contributed by atoms with Gasteiger partial charge < -0.3 is 19.7 Å². The van der Waals surface area contributed by atoms with Crippen LogP contribution in [0.3, 0.4) is 0 Å². The first-order valence-corrected chi connectivity index (χ1v) is 10.3. The molecule has 1 fully saturated rings. The fraction of sp³-hybridized carbons (Fsp3) is 0.375. The molecule has 2 N–H and O–H groups in total. The first-order valence-electron chi connectivity index (χ1n) is 10.3. The van der Waals surface area contributed by atoms with Gasteiger partial charge in [0.15, 0.2) is 0 Å². The molecule has 1 aromatic heterocycles. The van der Waals surface area contributed by atoms with Gasteiger partial charge in [-0.15, -0.1) is 0 Å². The summed E-state index contributed by atoms with van der Waals surface area (Å²) in [5.41, 5.74) is 1.74. The van der Waals surface area contributed by atoms with E-state index in [1.807, 2.05) is 36.4 Å². The maximum atomic E-state index is 10.5. The Labute approximate surface area is 176 Å². The Morgan fingerprint density at radius 2 is 1.90 bits per heavy atom. The molecule has 30 heavy (non-hydrogen) atoms. The predicted octanol–water partition coefficient (Wildman–Crippen LogP) is 3.46. The van der Waals surface area contributed by atoms with Crippen molar-refractivity contribution in [1.29, 1.82) is 0 Å². The topological polar surface area (TPSA) is 75.1 Å². The van der Waals surface area contributed by atoms with Crippen LogP contribution >= 0.6 is 0 Å². The number of hydrogen-bond donors (Lipinski definition) is 2. The third-order valence-electron chi connectivity index (χ3n) is 5.28. The molecule has 0 bridgehead atoms. The Hall–Kier alpha value is -2.67. The molecule has 6 heteroatoms. The van der Waals surface area contributed by atoms with Crippen LogP contribution in [-0.2, 0) is 4.74 Å². The Balaban J connectivity index is 1.50. The number of hydrogen-bond acceptors (Lipinski definition) is 6. The van der Waals surface area contributed by atoms with Gasteiger partial charge in [-0.3, -0.25) is 9.88 Å². The highest BCUT2D eigenvalue weighted by molar-refractivity contribution is 5.97. The minimum Gasteiger partial charge on any atom is -0.506 e. The Bertz CT molecular complexity index is 999. The Kier molecular flexibility index (Phi) is 6.18. The van der Waals surface area contributed by atoms with Gasteiger partial charge in [-0.1, -0.05) is 24.3 Å². The molecule has 1 unspecified atom stereocenters. The van der Waals surface area contributed by atoms with Crippen molar-refractivity contribution in [3.05, 3.63) is 54.9 Å². The standard InChI is InChI=1S/C24H28N2O4/c1-16-12-26(13-17(2)30-16)14-21(28)15-29-22-8-18-5-3-4-6-23(18)24(9-22)19-7-20(27)11-25-10-19/h3-11,16-17,21,27-28H,12-15H2,1-2H3/t16-,17+,21?. The van der Waals surface area contributed by atoms with E-state index in [1.54, 1.807) is 12.3 Å². The van der Waals surface area contributed by atoms with Crippen molar-refractivity contribution in [2.24, 2.45) is 0 Å². The third-order valence-corrected chi connectivity index (χ3v) is 5.28. The lowest BCUT2D eigenvalue weighted by Crippen LogP contribution is -2.48. The van der Waals surface area contributed by atoms with Crippen LogP contribution in [0.25, 0.3) is 21.9 Å². The van der Waals surface area contributed by atoms with Crippen molar-refractivity contribution < 1.29 is 19.7 Å². The molecule has 158 valence electrons. The van der Waals surface area contributed by atoms with Crippen LogP contribution in [0.15, 0.2) is 54.9 Å². The van der Waals surface area contributed by atoms with Gasteiger partial charge >= 0.3 is 0 Å². The lowest BCUT2D eigenvalue weighted by atomic mass is 9.99. The van der Waals surface area contributed by atoms with Crippen LogP contribution in [0.5, 0.6) is 11.5 Å². The fourth-order valence-electron chi connectivity index (χ4n) is 4.16. The summed E-state index contributed by atoms with van der Waals surface area (Å²) in [6.45, 7) is 6.49. The van der Waals surface area contributed by atoms with E-state index in [2.05, 4.69) is 23.7 Å². The molecule has 0 aliphatic carbocycles. The first kappa shape index (κ1) is 20.6. The first-order chi connectivity index (χ1) is 14.5. The number of morpholine rings is 1. The van der Waals surface area contributed by atoms with Crippen molar-refractivity contribution >= 4 is 10.8 Å². The lowest BCUT2D eigenvalue weighted by Gasteiger charge is -2.36. The quantitative estimate of drug-likeness (QED) is 0.651. The van der Waals surface area contributed by atoms with Crippen LogP contribution in [0.2, 0.25) is 0 Å². The van der Waals surface area contributed by atoms with Gasteiger partial charge in [-0.25, -0.2) is 0 Å². The summed E-state index contributed by atoms with van der Waals surface area (Å²) in [6.07, 6.45) is 2.87. The normalized spacial score (nSPS) is 20.9. The summed E-state index contributed by atoms with van der Waals surface area (Å²) >= 11 is 0. The number of aliphatic hydroxyl groups excluding tert-OH is 1. The molecule has 2 aromatic carbocycles. The average molecular weight is 408 g/mol. The molecule has 0 saturated carbocycles. The van der Waals surface area contributed by atoms with Gasteiger partial charge in [0.25, 0.3) is 0 Å². The van der Waals surface area contributed by atoms with E-state index in [0.29, 0.717) is 12.3 Å². The van der Waals surface area contributed by atoms with Crippen LogP contribution in [0.4, 0.5) is 0 Å². The van der Waals surface area contributed by atoms with Gasteiger partial charge in [0.05, 0.1) is 18.4 Å². The van der Waals surface area contributed by atoms with Gasteiger partial charge in [0, 0.05) is 31.4 Å². The number of aliphatic hydroxyl groups is 1. The van der Waals surface area contributed by atoms with Gasteiger partial charge in [-0.05, 0) is 48.4 Å². The zero-order valence-electron chi connectivity index (χ0n) is 17.4. The number of ether oxygens (including phenoxy) is 2. The van der Waals surface area contributed by atoms with E-state index in [9.17, 15) is 10.2 Å². The molecule has 4 rings (SSSR count). The van der Waals surface area contributed by atoms with E-state index >= 15 is 0 Å². The minimum absolute atomic E-state index is 0.118. The Morgan fingerprint density at radius 1 is 1.13 bits per heavy atom. The van der Waals surface area contributed by atoms with E-state index < -0.39 is 6.10 Å². The molecule has 1 saturated heterocycles. The zero-order chi connectivity index (χ0) is 21.1. The summed E-state index contributed by atoms with van der Waals surface area (Å²) in [5, 5.41) is 22.4. The molecule has 3 atom stereocenters. The fourth-order valence-corrected chi connectivity index (χ4v) is 4.16. The summed E-state index contributed by atoms with van der Waals surface area (Å²) in [7, 11) is 0. The van der Waals surface area contributed by atoms with Gasteiger partial charge in [0.1, 0.15) is 24.2 Å². The highest BCUT2D eigenvalue weighted by atomic mass is 16.5. The molecular formula is C24H28N2O4. The summed E-state index contributed by atoms with van der Waals surface area (Å²) in [5.74, 6) is 0.794. The second kappa shape index (κ2) is 9.00. The van der Waals surface area contributed by atoms with E-state index in [4.69, 9.17) is 9.47 Å². The number of nitrogens with zero attached hydrogens (tertiary/aromatic N) is 2. The van der Waals surface area contributed by atoms with Gasteiger partial charge in [-0.2, -0.15) is 0 Å². The molecular weight excluding hydrogens is 380 g/mol. The molecule has 6 nitrogen and oxygen atoms in total. The molecule has 1 aliphatic rings. The molecule has 1 aliphatic heterocycles. The zero-order valence-corrected chi connectivity index (χ0v) is 17.4. The van der Waals surface area contributed by atoms with Crippen LogP contribution in [0.1, 0.15) is 13.8 Å². The number of β-amino-alcohol motifs (C(OH)–C–C–N with tert-alkyl or cyclic N) is 1. The average Bonchev–Trinajstić information content (AvgIpc) is 2.71. The monoisotopic (exact) mass is 408 g/mol. The smallest absolute Gasteiger partial charge is 0.134 e. The molecule has 3 aromatic rings. The number of fused-ring (bicyclic) bond motifs is 1. The second-order valence-electron chi connectivity index (χ2n) is 8.06. The van der Waals surface area contributed by atoms with E-state index in [-0.39, 0.29) is 24.6 Å². The second-order valence-corrected chi connectivity index (χ2v) is 8.06. The van der Waals surface area contributed by atoms with Crippen LogP contribution in [0, 0.1) is 0 Å². The molecule has 2 heterocycles. The number of benzene rings is 2. The van der Waals surface area contributed by atoms with Crippen molar-refractivity contribution in [3.8, 4) is 22.6 Å². The van der Waals surface area contributed by atoms with Crippen molar-refractivity contribution in [1.82, 2.24) is 9.88 Å². The molecule has 0 spiro atoms. The minimum atomic E-state index is -0.597. The Morgan fingerprint density at radius 3 is 2.67 bits per heavy atom. The van der Waals surface area contributed by atoms with Crippen LogP contribution < -0.4 is 4.74 Å². The maximum absolute atomic E-state index is 10.5. The third kappa shape index (κ3) is 4.90. The maximum Gasteiger partial charge on any atom is 0.134 e. The number of pyridine rings is 1. The van der Waals surface area contributed by atoms with Crippen molar-refractivity contribution in [3.63, 3.8) is 0 Å². The number of rotatable bonds is 6. The summed E-state index contributed by atoms with van der Waals surface area (Å²) < 4.78 is 11.7. The summed E-state index contributed by atoms with van der Waals surface area (Å²) in [4.78, 5) is 6.32. The molecule has 0 radical (unpaired) electrons. The van der Waals surface area contributed by atoms with Gasteiger partial charge in [0.2, 0.25) is 0 Å². The van der Waals surface area contributed by atoms with Crippen molar-refractivity contribution in [2.45, 2.75) is 32.2 Å². The largest absolute Gasteiger partial charge is 0.506 e. The lowest BCUT2D eigenvalue weighted by molar-refractivity contribution is -0.0786. The SMILES string of the molecule is C[C@@H]1CN(CC(O)COc2cc(-c3cncc(O)c3)c3ccccc3c2)C[C@H](C)O1. The highest BCUT2D eigenvalue weighted by Gasteiger charge is 2.24. The predicted molar refractivity (Wildman–Crippen MR) is 117 cm³/mol.